The zero-order valence-corrected chi connectivity index (χ0v) is 13.2. The van der Waals surface area contributed by atoms with E-state index in [2.05, 4.69) is 38.1 Å². The number of aliphatic carboxylic acids is 1. The molecule has 3 heteroatoms. The monoisotopic (exact) mass is 298 g/mol. The SMILES string of the molecule is CC1(C)CCOc2ccc(CC/C=C/C3=C(C(=O)O)C3)cc21. The van der Waals surface area contributed by atoms with Crippen LogP contribution in [0.1, 0.15) is 44.2 Å². The average molecular weight is 298 g/mol. The first kappa shape index (κ1) is 14.9. The molecule has 1 aromatic rings. The molecule has 3 rings (SSSR count). The Morgan fingerprint density at radius 3 is 2.95 bits per heavy atom. The fraction of sp³-hybridized carbons (Fsp3) is 0.421. The summed E-state index contributed by atoms with van der Waals surface area (Å²) >= 11 is 0. The largest absolute Gasteiger partial charge is 0.493 e. The van der Waals surface area contributed by atoms with Crippen molar-refractivity contribution in [2.24, 2.45) is 0 Å². The molecule has 2 aliphatic rings. The highest BCUT2D eigenvalue weighted by Crippen LogP contribution is 2.38. The molecule has 3 nitrogen and oxygen atoms in total. The molecular weight excluding hydrogens is 276 g/mol. The van der Waals surface area contributed by atoms with E-state index < -0.39 is 5.97 Å². The molecule has 1 N–H and O–H groups in total. The third-order valence-corrected chi connectivity index (χ3v) is 4.56. The minimum atomic E-state index is -0.781. The first-order chi connectivity index (χ1) is 10.5. The number of rotatable bonds is 5. The molecule has 22 heavy (non-hydrogen) atoms. The van der Waals surface area contributed by atoms with Crippen molar-refractivity contribution in [2.75, 3.05) is 6.61 Å². The summed E-state index contributed by atoms with van der Waals surface area (Å²) in [6.07, 6.45) is 7.61. The summed E-state index contributed by atoms with van der Waals surface area (Å²) in [6, 6.07) is 6.48. The zero-order valence-electron chi connectivity index (χ0n) is 13.2. The second-order valence-corrected chi connectivity index (χ2v) is 6.74. The maximum atomic E-state index is 10.7. The van der Waals surface area contributed by atoms with Crippen LogP contribution in [0, 0.1) is 0 Å². The van der Waals surface area contributed by atoms with Crippen LogP contribution in [0.15, 0.2) is 41.5 Å². The van der Waals surface area contributed by atoms with Gasteiger partial charge in [0.05, 0.1) is 6.61 Å². The third-order valence-electron chi connectivity index (χ3n) is 4.56. The molecule has 0 atom stereocenters. The molecule has 0 saturated heterocycles. The lowest BCUT2D eigenvalue weighted by molar-refractivity contribution is -0.132. The van der Waals surface area contributed by atoms with Crippen LogP contribution in [0.3, 0.4) is 0 Å². The van der Waals surface area contributed by atoms with Gasteiger partial charge in [0.2, 0.25) is 0 Å². The third kappa shape index (κ3) is 3.08. The highest BCUT2D eigenvalue weighted by Gasteiger charge is 2.28. The second-order valence-electron chi connectivity index (χ2n) is 6.74. The lowest BCUT2D eigenvalue weighted by Gasteiger charge is -2.32. The Kier molecular flexibility index (Phi) is 3.81. The Bertz CT molecular complexity index is 665. The van der Waals surface area contributed by atoms with Crippen LogP contribution in [-0.2, 0) is 16.6 Å². The molecule has 1 aliphatic carbocycles. The number of ether oxygens (including phenoxy) is 1. The first-order valence-corrected chi connectivity index (χ1v) is 7.85. The number of carboxylic acids is 1. The molecule has 116 valence electrons. The Morgan fingerprint density at radius 1 is 1.41 bits per heavy atom. The summed E-state index contributed by atoms with van der Waals surface area (Å²) in [5, 5.41) is 8.82. The standard InChI is InChI=1S/C19H22O3/c1-19(2)9-10-22-17-8-7-13(11-16(17)19)5-3-4-6-14-12-15(14)18(20)21/h4,6-8,11H,3,5,9-10,12H2,1-2H3,(H,20,21)/b6-4+. The number of carbonyl (C=O) groups is 1. The second kappa shape index (κ2) is 5.64. The minimum absolute atomic E-state index is 0.175. The van der Waals surface area contributed by atoms with Gasteiger partial charge in [-0.1, -0.05) is 38.1 Å². The van der Waals surface area contributed by atoms with Gasteiger partial charge < -0.3 is 9.84 Å². The van der Waals surface area contributed by atoms with E-state index in [0.717, 1.165) is 37.2 Å². The average Bonchev–Trinajstić information content (AvgIpc) is 3.24. The summed E-state index contributed by atoms with van der Waals surface area (Å²) < 4.78 is 5.74. The van der Waals surface area contributed by atoms with E-state index in [0.29, 0.717) is 12.0 Å². The van der Waals surface area contributed by atoms with Crippen LogP contribution >= 0.6 is 0 Å². The van der Waals surface area contributed by atoms with Crippen molar-refractivity contribution in [1.29, 1.82) is 0 Å². The molecule has 0 spiro atoms. The molecule has 0 aromatic heterocycles. The van der Waals surface area contributed by atoms with Crippen LogP contribution < -0.4 is 4.74 Å². The Hall–Kier alpha value is -2.03. The topological polar surface area (TPSA) is 46.5 Å². The maximum absolute atomic E-state index is 10.7. The van der Waals surface area contributed by atoms with Gasteiger partial charge in [0.25, 0.3) is 0 Å². The van der Waals surface area contributed by atoms with Crippen molar-refractivity contribution < 1.29 is 14.6 Å². The van der Waals surface area contributed by atoms with Crippen molar-refractivity contribution >= 4 is 5.97 Å². The van der Waals surface area contributed by atoms with Gasteiger partial charge in [-0.25, -0.2) is 4.79 Å². The van der Waals surface area contributed by atoms with Gasteiger partial charge in [0.1, 0.15) is 5.75 Å². The molecule has 0 bridgehead atoms. The molecule has 1 aromatic carbocycles. The minimum Gasteiger partial charge on any atom is -0.493 e. The highest BCUT2D eigenvalue weighted by atomic mass is 16.5. The summed E-state index contributed by atoms with van der Waals surface area (Å²) in [5.41, 5.74) is 4.31. The van der Waals surface area contributed by atoms with Crippen LogP contribution in [0.5, 0.6) is 5.75 Å². The predicted octanol–water partition coefficient (Wildman–Crippen LogP) is 4.02. The van der Waals surface area contributed by atoms with Crippen LogP contribution in [0.25, 0.3) is 0 Å². The molecule has 0 unspecified atom stereocenters. The van der Waals surface area contributed by atoms with Crippen LogP contribution in [0.2, 0.25) is 0 Å². The number of allylic oxidation sites excluding steroid dienone is 3. The van der Waals surface area contributed by atoms with Crippen molar-refractivity contribution in [1.82, 2.24) is 0 Å². The van der Waals surface area contributed by atoms with Crippen molar-refractivity contribution in [3.05, 3.63) is 52.6 Å². The number of aryl methyl sites for hydroxylation is 1. The summed E-state index contributed by atoms with van der Waals surface area (Å²) in [7, 11) is 0. The van der Waals surface area contributed by atoms with E-state index in [9.17, 15) is 4.79 Å². The van der Waals surface area contributed by atoms with Crippen molar-refractivity contribution in [3.8, 4) is 5.75 Å². The molecule has 0 saturated carbocycles. The molecular formula is C19H22O3. The maximum Gasteiger partial charge on any atom is 0.332 e. The first-order valence-electron chi connectivity index (χ1n) is 7.85. The van der Waals surface area contributed by atoms with E-state index in [1.54, 1.807) is 0 Å². The number of carboxylic acid groups (broad SMARTS) is 1. The number of fused-ring (bicyclic) bond motifs is 1. The van der Waals surface area contributed by atoms with Gasteiger partial charge in [-0.3, -0.25) is 0 Å². The van der Waals surface area contributed by atoms with Crippen LogP contribution in [-0.4, -0.2) is 17.7 Å². The van der Waals surface area contributed by atoms with Gasteiger partial charge in [-0.15, -0.1) is 0 Å². The van der Waals surface area contributed by atoms with Crippen LogP contribution in [0.4, 0.5) is 0 Å². The summed E-state index contributed by atoms with van der Waals surface area (Å²) in [4.78, 5) is 10.7. The van der Waals surface area contributed by atoms with E-state index >= 15 is 0 Å². The normalized spacial score (nSPS) is 19.0. The van der Waals surface area contributed by atoms with E-state index in [4.69, 9.17) is 9.84 Å². The summed E-state index contributed by atoms with van der Waals surface area (Å²) in [5.74, 6) is 0.237. The Morgan fingerprint density at radius 2 is 2.23 bits per heavy atom. The fourth-order valence-electron chi connectivity index (χ4n) is 2.93. The van der Waals surface area contributed by atoms with Gasteiger partial charge in [-0.2, -0.15) is 0 Å². The smallest absolute Gasteiger partial charge is 0.332 e. The molecule has 1 heterocycles. The van der Waals surface area contributed by atoms with Gasteiger partial charge in [-0.05, 0) is 41.9 Å². The fourth-order valence-corrected chi connectivity index (χ4v) is 2.93. The van der Waals surface area contributed by atoms with E-state index in [1.807, 2.05) is 6.08 Å². The molecule has 0 fully saturated rings. The van der Waals surface area contributed by atoms with E-state index in [1.165, 1.54) is 11.1 Å². The summed E-state index contributed by atoms with van der Waals surface area (Å²) in [6.45, 7) is 5.33. The van der Waals surface area contributed by atoms with Gasteiger partial charge in [0, 0.05) is 17.6 Å². The van der Waals surface area contributed by atoms with Crippen molar-refractivity contribution in [2.45, 2.75) is 44.9 Å². The van der Waals surface area contributed by atoms with Crippen molar-refractivity contribution in [3.63, 3.8) is 0 Å². The highest BCUT2D eigenvalue weighted by molar-refractivity contribution is 5.94. The number of hydrogen-bond donors (Lipinski definition) is 1. The molecule has 1 aliphatic heterocycles. The molecule has 0 amide bonds. The Balaban J connectivity index is 1.62. The van der Waals surface area contributed by atoms with E-state index in [-0.39, 0.29) is 5.41 Å². The lowest BCUT2D eigenvalue weighted by Crippen LogP contribution is -2.26. The van der Waals surface area contributed by atoms with Gasteiger partial charge >= 0.3 is 5.97 Å². The molecule has 0 radical (unpaired) electrons. The van der Waals surface area contributed by atoms with Gasteiger partial charge in [0.15, 0.2) is 0 Å². The zero-order chi connectivity index (χ0) is 15.7. The number of benzene rings is 1. The predicted molar refractivity (Wildman–Crippen MR) is 86.3 cm³/mol. The Labute approximate surface area is 131 Å². The lowest BCUT2D eigenvalue weighted by atomic mass is 9.79. The number of hydrogen-bond acceptors (Lipinski definition) is 2. The quantitative estimate of drug-likeness (QED) is 0.893.